The monoisotopic (exact) mass is 252 g/mol. The minimum Gasteiger partial charge on any atom is -0.363 e. The van der Waals surface area contributed by atoms with Gasteiger partial charge in [0.05, 0.1) is 6.20 Å². The van der Waals surface area contributed by atoms with Crippen molar-refractivity contribution >= 4 is 11.5 Å². The van der Waals surface area contributed by atoms with E-state index in [2.05, 4.69) is 34.5 Å². The van der Waals surface area contributed by atoms with E-state index in [1.807, 2.05) is 43.6 Å². The van der Waals surface area contributed by atoms with Gasteiger partial charge < -0.3 is 5.32 Å². The number of nitrogens with zero attached hydrogens (tertiary/aromatic N) is 3. The molecule has 0 saturated carbocycles. The number of anilines is 1. The van der Waals surface area contributed by atoms with Crippen molar-refractivity contribution in [1.29, 1.82) is 0 Å². The van der Waals surface area contributed by atoms with E-state index in [4.69, 9.17) is 0 Å². The zero-order valence-electron chi connectivity index (χ0n) is 11.0. The standard InChI is InChI=1S/C15H16N4/c1-11-10-16-19-9-8-14(18-15(11)19)17-12(2)13-6-4-3-5-7-13/h3-10,12H,1-2H3,(H,17,18)/t12-/m1/s1. The summed E-state index contributed by atoms with van der Waals surface area (Å²) >= 11 is 0. The molecule has 19 heavy (non-hydrogen) atoms. The first-order chi connectivity index (χ1) is 9.24. The topological polar surface area (TPSA) is 42.2 Å². The maximum absolute atomic E-state index is 4.59. The van der Waals surface area contributed by atoms with Gasteiger partial charge in [-0.05, 0) is 25.5 Å². The van der Waals surface area contributed by atoms with Gasteiger partial charge in [0.25, 0.3) is 0 Å². The van der Waals surface area contributed by atoms with Crippen molar-refractivity contribution in [3.63, 3.8) is 0 Å². The van der Waals surface area contributed by atoms with E-state index in [1.165, 1.54) is 5.56 Å². The number of aromatic nitrogens is 3. The fraction of sp³-hybridized carbons (Fsp3) is 0.200. The second kappa shape index (κ2) is 4.72. The highest BCUT2D eigenvalue weighted by Crippen LogP contribution is 2.18. The van der Waals surface area contributed by atoms with Crippen molar-refractivity contribution in [2.45, 2.75) is 19.9 Å². The molecule has 1 atom stereocenters. The Bertz CT molecular complexity index is 688. The van der Waals surface area contributed by atoms with E-state index in [0.29, 0.717) is 0 Å². The summed E-state index contributed by atoms with van der Waals surface area (Å²) in [6.07, 6.45) is 3.75. The molecule has 2 heterocycles. The van der Waals surface area contributed by atoms with Gasteiger partial charge >= 0.3 is 0 Å². The lowest BCUT2D eigenvalue weighted by Gasteiger charge is -2.14. The molecule has 1 aromatic carbocycles. The average Bonchev–Trinajstić information content (AvgIpc) is 2.81. The Morgan fingerprint density at radius 1 is 1.16 bits per heavy atom. The molecule has 1 N–H and O–H groups in total. The van der Waals surface area contributed by atoms with Crippen LogP contribution in [0.25, 0.3) is 5.65 Å². The summed E-state index contributed by atoms with van der Waals surface area (Å²) in [5, 5.41) is 7.64. The Balaban J connectivity index is 1.87. The molecule has 3 rings (SSSR count). The zero-order chi connectivity index (χ0) is 13.2. The number of nitrogens with one attached hydrogen (secondary N) is 1. The molecule has 96 valence electrons. The smallest absolute Gasteiger partial charge is 0.160 e. The van der Waals surface area contributed by atoms with Crippen LogP contribution in [-0.4, -0.2) is 14.6 Å². The van der Waals surface area contributed by atoms with Gasteiger partial charge in [-0.25, -0.2) is 9.50 Å². The van der Waals surface area contributed by atoms with Crippen molar-refractivity contribution in [3.8, 4) is 0 Å². The minimum absolute atomic E-state index is 0.222. The molecule has 2 aromatic heterocycles. The Kier molecular flexibility index (Phi) is 2.91. The van der Waals surface area contributed by atoms with Crippen LogP contribution >= 0.6 is 0 Å². The fourth-order valence-electron chi connectivity index (χ4n) is 2.11. The largest absolute Gasteiger partial charge is 0.363 e. The molecule has 0 aliphatic heterocycles. The summed E-state index contributed by atoms with van der Waals surface area (Å²) in [4.78, 5) is 4.59. The quantitative estimate of drug-likeness (QED) is 0.778. The summed E-state index contributed by atoms with van der Waals surface area (Å²) in [5.41, 5.74) is 3.22. The van der Waals surface area contributed by atoms with Crippen molar-refractivity contribution < 1.29 is 0 Å². The zero-order valence-corrected chi connectivity index (χ0v) is 11.0. The van der Waals surface area contributed by atoms with Crippen LogP contribution in [-0.2, 0) is 0 Å². The van der Waals surface area contributed by atoms with Crippen LogP contribution < -0.4 is 5.32 Å². The van der Waals surface area contributed by atoms with Crippen molar-refractivity contribution in [1.82, 2.24) is 14.6 Å². The molecule has 0 spiro atoms. The van der Waals surface area contributed by atoms with Crippen LogP contribution in [0, 0.1) is 6.92 Å². The van der Waals surface area contributed by atoms with Gasteiger partial charge in [-0.2, -0.15) is 5.10 Å². The van der Waals surface area contributed by atoms with Crippen molar-refractivity contribution in [2.75, 3.05) is 5.32 Å². The van der Waals surface area contributed by atoms with E-state index < -0.39 is 0 Å². The van der Waals surface area contributed by atoms with E-state index in [1.54, 1.807) is 4.52 Å². The third kappa shape index (κ3) is 2.29. The first-order valence-electron chi connectivity index (χ1n) is 6.36. The maximum atomic E-state index is 4.59. The summed E-state index contributed by atoms with van der Waals surface area (Å²) < 4.78 is 1.79. The van der Waals surface area contributed by atoms with Crippen molar-refractivity contribution in [3.05, 3.63) is 59.9 Å². The van der Waals surface area contributed by atoms with Gasteiger partial charge in [0.2, 0.25) is 0 Å². The highest BCUT2D eigenvalue weighted by molar-refractivity contribution is 5.51. The molecule has 3 aromatic rings. The molecule has 0 fully saturated rings. The number of rotatable bonds is 3. The highest BCUT2D eigenvalue weighted by atomic mass is 15.2. The molecule has 0 aliphatic rings. The highest BCUT2D eigenvalue weighted by Gasteiger charge is 2.07. The minimum atomic E-state index is 0.222. The lowest BCUT2D eigenvalue weighted by Crippen LogP contribution is -2.08. The molecular formula is C15H16N4. The molecule has 0 aliphatic carbocycles. The summed E-state index contributed by atoms with van der Waals surface area (Å²) in [6, 6.07) is 12.5. The van der Waals surface area contributed by atoms with Crippen LogP contribution in [0.5, 0.6) is 0 Å². The maximum Gasteiger partial charge on any atom is 0.160 e. The first-order valence-corrected chi connectivity index (χ1v) is 6.36. The van der Waals surface area contributed by atoms with Gasteiger partial charge in [0, 0.05) is 17.8 Å². The molecule has 4 heteroatoms. The van der Waals surface area contributed by atoms with E-state index >= 15 is 0 Å². The lowest BCUT2D eigenvalue weighted by atomic mass is 10.1. The molecule has 4 nitrogen and oxygen atoms in total. The third-order valence-electron chi connectivity index (χ3n) is 3.21. The van der Waals surface area contributed by atoms with Gasteiger partial charge in [-0.15, -0.1) is 0 Å². The molecule has 0 saturated heterocycles. The van der Waals surface area contributed by atoms with Crippen LogP contribution in [0.4, 0.5) is 5.82 Å². The predicted molar refractivity (Wildman–Crippen MR) is 76.2 cm³/mol. The summed E-state index contributed by atoms with van der Waals surface area (Å²) in [6.45, 7) is 4.14. The van der Waals surface area contributed by atoms with Crippen LogP contribution in [0.3, 0.4) is 0 Å². The second-order valence-electron chi connectivity index (χ2n) is 4.69. The van der Waals surface area contributed by atoms with Crippen LogP contribution in [0.15, 0.2) is 48.8 Å². The van der Waals surface area contributed by atoms with E-state index in [0.717, 1.165) is 17.0 Å². The molecule has 0 bridgehead atoms. The number of benzene rings is 1. The summed E-state index contributed by atoms with van der Waals surface area (Å²) in [5.74, 6) is 0.868. The average molecular weight is 252 g/mol. The third-order valence-corrected chi connectivity index (χ3v) is 3.21. The van der Waals surface area contributed by atoms with Crippen molar-refractivity contribution in [2.24, 2.45) is 0 Å². The molecular weight excluding hydrogens is 236 g/mol. The SMILES string of the molecule is Cc1cnn2ccc(N[C@H](C)c3ccccc3)nc12. The number of hydrogen-bond acceptors (Lipinski definition) is 3. The van der Waals surface area contributed by atoms with Gasteiger partial charge in [0.15, 0.2) is 5.65 Å². The number of hydrogen-bond donors (Lipinski definition) is 1. The lowest BCUT2D eigenvalue weighted by molar-refractivity contribution is 0.867. The predicted octanol–water partition coefficient (Wildman–Crippen LogP) is 3.21. The second-order valence-corrected chi connectivity index (χ2v) is 4.69. The van der Waals surface area contributed by atoms with Crippen LogP contribution in [0.1, 0.15) is 24.1 Å². The Morgan fingerprint density at radius 3 is 2.74 bits per heavy atom. The van der Waals surface area contributed by atoms with Gasteiger partial charge in [0.1, 0.15) is 5.82 Å². The fourth-order valence-corrected chi connectivity index (χ4v) is 2.11. The van der Waals surface area contributed by atoms with Crippen LogP contribution in [0.2, 0.25) is 0 Å². The number of fused-ring (bicyclic) bond motifs is 1. The Morgan fingerprint density at radius 2 is 1.95 bits per heavy atom. The first kappa shape index (κ1) is 11.7. The van der Waals surface area contributed by atoms with Gasteiger partial charge in [-0.3, -0.25) is 0 Å². The molecule has 0 amide bonds. The molecule has 0 unspecified atom stereocenters. The number of aryl methyl sites for hydroxylation is 1. The normalized spacial score (nSPS) is 12.5. The molecule has 0 radical (unpaired) electrons. The summed E-state index contributed by atoms with van der Waals surface area (Å²) in [7, 11) is 0. The van der Waals surface area contributed by atoms with E-state index in [9.17, 15) is 0 Å². The Labute approximate surface area is 112 Å². The Hall–Kier alpha value is -2.36. The van der Waals surface area contributed by atoms with Gasteiger partial charge in [-0.1, -0.05) is 30.3 Å². The van der Waals surface area contributed by atoms with E-state index in [-0.39, 0.29) is 6.04 Å².